The standard InChI is InChI=1S/C13H23N3OS.HI/c1-4-14-13(15-7-5-8-17-3)16-10-12-11(2)6-9-18-12;/h6,9H,4-5,7-8,10H2,1-3H3,(H2,14,15,16);1H. The van der Waals surface area contributed by atoms with Gasteiger partial charge in [-0.3, -0.25) is 0 Å². The lowest BCUT2D eigenvalue weighted by Crippen LogP contribution is -2.38. The molecule has 0 aliphatic carbocycles. The van der Waals surface area contributed by atoms with Crippen LogP contribution in [0.4, 0.5) is 0 Å². The minimum Gasteiger partial charge on any atom is -0.385 e. The number of ether oxygens (including phenoxy) is 1. The van der Waals surface area contributed by atoms with Crippen molar-refractivity contribution in [1.29, 1.82) is 0 Å². The van der Waals surface area contributed by atoms with E-state index in [-0.39, 0.29) is 24.0 Å². The van der Waals surface area contributed by atoms with Gasteiger partial charge in [0, 0.05) is 31.7 Å². The van der Waals surface area contributed by atoms with Crippen molar-refractivity contribution in [3.8, 4) is 0 Å². The third-order valence-corrected chi connectivity index (χ3v) is 3.52. The summed E-state index contributed by atoms with van der Waals surface area (Å²) in [5.41, 5.74) is 1.32. The van der Waals surface area contributed by atoms with Crippen molar-refractivity contribution >= 4 is 41.3 Å². The number of halogens is 1. The SMILES string of the molecule is CCNC(=NCc1sccc1C)NCCCOC.I. The molecule has 0 aliphatic heterocycles. The molecule has 0 aromatic carbocycles. The number of hydrogen-bond acceptors (Lipinski definition) is 3. The number of methoxy groups -OCH3 is 1. The minimum absolute atomic E-state index is 0. The number of nitrogens with one attached hydrogen (secondary N) is 2. The molecule has 1 aromatic heterocycles. The maximum atomic E-state index is 5.02. The summed E-state index contributed by atoms with van der Waals surface area (Å²) in [6, 6.07) is 2.13. The van der Waals surface area contributed by atoms with Gasteiger partial charge in [-0.05, 0) is 37.3 Å². The highest BCUT2D eigenvalue weighted by molar-refractivity contribution is 14.0. The number of hydrogen-bond donors (Lipinski definition) is 2. The number of nitrogens with zero attached hydrogens (tertiary/aromatic N) is 1. The Kier molecular flexibility index (Phi) is 11.3. The molecular weight excluding hydrogens is 373 g/mol. The molecule has 0 aliphatic rings. The summed E-state index contributed by atoms with van der Waals surface area (Å²) < 4.78 is 5.02. The van der Waals surface area contributed by atoms with Gasteiger partial charge in [-0.2, -0.15) is 0 Å². The highest BCUT2D eigenvalue weighted by Crippen LogP contribution is 2.16. The van der Waals surface area contributed by atoms with Crippen LogP contribution in [0.2, 0.25) is 0 Å². The molecule has 0 amide bonds. The van der Waals surface area contributed by atoms with Crippen LogP contribution in [0.1, 0.15) is 23.8 Å². The predicted molar refractivity (Wildman–Crippen MR) is 93.8 cm³/mol. The third-order valence-electron chi connectivity index (χ3n) is 2.51. The molecule has 6 heteroatoms. The maximum Gasteiger partial charge on any atom is 0.191 e. The van der Waals surface area contributed by atoms with Crippen LogP contribution in [0, 0.1) is 6.92 Å². The molecule has 0 atom stereocenters. The first-order chi connectivity index (χ1) is 8.77. The summed E-state index contributed by atoms with van der Waals surface area (Å²) in [7, 11) is 1.72. The fourth-order valence-corrected chi connectivity index (χ4v) is 2.31. The first kappa shape index (κ1) is 18.7. The largest absolute Gasteiger partial charge is 0.385 e. The summed E-state index contributed by atoms with van der Waals surface area (Å²) in [4.78, 5) is 5.90. The average Bonchev–Trinajstić information content (AvgIpc) is 2.77. The first-order valence-corrected chi connectivity index (χ1v) is 7.20. The number of guanidine groups is 1. The van der Waals surface area contributed by atoms with Crippen LogP contribution in [-0.2, 0) is 11.3 Å². The fourth-order valence-electron chi connectivity index (χ4n) is 1.48. The minimum atomic E-state index is 0. The Hall–Kier alpha value is -0.340. The second-order valence-electron chi connectivity index (χ2n) is 4.00. The fraction of sp³-hybridized carbons (Fsp3) is 0.615. The van der Waals surface area contributed by atoms with Crippen molar-refractivity contribution in [1.82, 2.24) is 10.6 Å². The van der Waals surface area contributed by atoms with Gasteiger partial charge in [0.15, 0.2) is 5.96 Å². The van der Waals surface area contributed by atoms with E-state index in [4.69, 9.17) is 4.74 Å². The molecule has 1 rings (SSSR count). The molecule has 0 saturated carbocycles. The number of aryl methyl sites for hydroxylation is 1. The van der Waals surface area contributed by atoms with Gasteiger partial charge in [-0.15, -0.1) is 35.3 Å². The Morgan fingerprint density at radius 1 is 1.42 bits per heavy atom. The predicted octanol–water partition coefficient (Wildman–Crippen LogP) is 2.77. The molecule has 19 heavy (non-hydrogen) atoms. The summed E-state index contributed by atoms with van der Waals surface area (Å²) in [5, 5.41) is 8.66. The summed E-state index contributed by atoms with van der Waals surface area (Å²) in [6.45, 7) is 7.46. The van der Waals surface area contributed by atoms with Gasteiger partial charge in [0.25, 0.3) is 0 Å². The smallest absolute Gasteiger partial charge is 0.191 e. The molecule has 4 nitrogen and oxygen atoms in total. The van der Waals surface area contributed by atoms with E-state index in [0.717, 1.165) is 38.6 Å². The van der Waals surface area contributed by atoms with Gasteiger partial charge in [0.1, 0.15) is 0 Å². The first-order valence-electron chi connectivity index (χ1n) is 6.32. The lowest BCUT2D eigenvalue weighted by molar-refractivity contribution is 0.195. The van der Waals surface area contributed by atoms with Crippen molar-refractivity contribution in [2.75, 3.05) is 26.8 Å². The zero-order chi connectivity index (χ0) is 13.2. The summed E-state index contributed by atoms with van der Waals surface area (Å²) >= 11 is 1.76. The van der Waals surface area contributed by atoms with Crippen LogP contribution in [0.5, 0.6) is 0 Å². The molecule has 0 radical (unpaired) electrons. The molecule has 0 fully saturated rings. The zero-order valence-corrected chi connectivity index (χ0v) is 15.0. The van der Waals surface area contributed by atoms with Crippen molar-refractivity contribution < 1.29 is 4.74 Å². The Morgan fingerprint density at radius 3 is 2.79 bits per heavy atom. The molecule has 1 aromatic rings. The third kappa shape index (κ3) is 7.74. The normalized spacial score (nSPS) is 11.0. The number of thiophene rings is 1. The Morgan fingerprint density at radius 2 is 2.21 bits per heavy atom. The van der Waals surface area contributed by atoms with E-state index in [2.05, 4.69) is 40.9 Å². The lowest BCUT2D eigenvalue weighted by atomic mass is 10.3. The Labute approximate surface area is 137 Å². The molecule has 0 saturated heterocycles. The van der Waals surface area contributed by atoms with Gasteiger partial charge in [-0.25, -0.2) is 4.99 Å². The van der Waals surface area contributed by atoms with Crippen molar-refractivity contribution in [2.45, 2.75) is 26.8 Å². The number of aliphatic imine (C=N–C) groups is 1. The molecular formula is C13H24IN3OS. The zero-order valence-electron chi connectivity index (χ0n) is 11.9. The highest BCUT2D eigenvalue weighted by atomic mass is 127. The van der Waals surface area contributed by atoms with Crippen molar-refractivity contribution in [3.63, 3.8) is 0 Å². The average molecular weight is 397 g/mol. The van der Waals surface area contributed by atoms with Crippen LogP contribution in [0.25, 0.3) is 0 Å². The second kappa shape index (κ2) is 11.5. The molecule has 0 bridgehead atoms. The van der Waals surface area contributed by atoms with E-state index >= 15 is 0 Å². The highest BCUT2D eigenvalue weighted by Gasteiger charge is 2.00. The van der Waals surface area contributed by atoms with E-state index in [1.165, 1.54) is 10.4 Å². The van der Waals surface area contributed by atoms with E-state index < -0.39 is 0 Å². The van der Waals surface area contributed by atoms with Crippen LogP contribution in [-0.4, -0.2) is 32.8 Å². The molecule has 0 spiro atoms. The number of rotatable bonds is 7. The van der Waals surface area contributed by atoms with Gasteiger partial charge in [0.2, 0.25) is 0 Å². The van der Waals surface area contributed by atoms with Gasteiger partial charge >= 0.3 is 0 Å². The van der Waals surface area contributed by atoms with Crippen LogP contribution >= 0.6 is 35.3 Å². The molecule has 110 valence electrons. The summed E-state index contributed by atoms with van der Waals surface area (Å²) in [6.07, 6.45) is 0.985. The quantitative estimate of drug-likeness (QED) is 0.322. The van der Waals surface area contributed by atoms with E-state index in [1.54, 1.807) is 18.4 Å². The van der Waals surface area contributed by atoms with Crippen molar-refractivity contribution in [2.24, 2.45) is 4.99 Å². The lowest BCUT2D eigenvalue weighted by Gasteiger charge is -2.10. The van der Waals surface area contributed by atoms with E-state index in [9.17, 15) is 0 Å². The maximum absolute atomic E-state index is 5.02. The van der Waals surface area contributed by atoms with E-state index in [0.29, 0.717) is 0 Å². The van der Waals surface area contributed by atoms with Crippen LogP contribution in [0.15, 0.2) is 16.4 Å². The van der Waals surface area contributed by atoms with Crippen LogP contribution < -0.4 is 10.6 Å². The summed E-state index contributed by atoms with van der Waals surface area (Å²) in [5.74, 6) is 0.876. The second-order valence-corrected chi connectivity index (χ2v) is 5.00. The van der Waals surface area contributed by atoms with E-state index in [1.807, 2.05) is 0 Å². The monoisotopic (exact) mass is 397 g/mol. The topological polar surface area (TPSA) is 45.7 Å². The van der Waals surface area contributed by atoms with Gasteiger partial charge in [-0.1, -0.05) is 0 Å². The van der Waals surface area contributed by atoms with Gasteiger partial charge < -0.3 is 15.4 Å². The Bertz CT molecular complexity index is 369. The molecule has 0 unspecified atom stereocenters. The van der Waals surface area contributed by atoms with Gasteiger partial charge in [0.05, 0.1) is 6.54 Å². The molecule has 1 heterocycles. The van der Waals surface area contributed by atoms with Crippen molar-refractivity contribution in [3.05, 3.63) is 21.9 Å². The van der Waals surface area contributed by atoms with Crippen LogP contribution in [0.3, 0.4) is 0 Å². The molecule has 2 N–H and O–H groups in total. The Balaban J connectivity index is 0.00000324.